The van der Waals surface area contributed by atoms with E-state index < -0.39 is 6.10 Å². The third kappa shape index (κ3) is 61.3. The Morgan fingerprint density at radius 1 is 0.280 bits per heavy atom. The summed E-state index contributed by atoms with van der Waals surface area (Å²) in [7, 11) is 0. The lowest BCUT2D eigenvalue weighted by molar-refractivity contribution is -0.167. The fourth-order valence-corrected chi connectivity index (χ4v) is 9.09. The van der Waals surface area contributed by atoms with Crippen LogP contribution >= 0.6 is 0 Å². The molecule has 0 rings (SSSR count). The third-order valence-corrected chi connectivity index (χ3v) is 13.9. The zero-order valence-electron chi connectivity index (χ0n) is 49.6. The standard InChI is InChI=1S/C69H120O6/c1-4-7-10-13-16-19-21-23-25-27-29-31-33-34-36-37-39-41-43-45-47-50-53-56-59-62-68(71)74-65-66(64-73-67(70)61-58-55-52-49-18-15-12-9-6-3)75-69(72)63-60-57-54-51-48-46-44-42-40-38-35-32-30-28-26-24-22-20-17-14-11-8-5-2/h7,10,16,19,22-25,28-31,34,36,66H,4-6,8-9,11-15,17-18,20-21,26-27,32-33,35,37-65H2,1-3H3/b10-7-,19-16-,24-22-,25-23-,30-28-,31-29-,36-34-. The fourth-order valence-electron chi connectivity index (χ4n) is 9.09. The van der Waals surface area contributed by atoms with Crippen molar-refractivity contribution < 1.29 is 28.6 Å². The van der Waals surface area contributed by atoms with Crippen LogP contribution in [-0.2, 0) is 28.6 Å². The lowest BCUT2D eigenvalue weighted by atomic mass is 10.0. The number of carbonyl (C=O) groups is 3. The van der Waals surface area contributed by atoms with Gasteiger partial charge in [-0.2, -0.15) is 0 Å². The monoisotopic (exact) mass is 1040 g/mol. The Morgan fingerprint density at radius 3 is 0.813 bits per heavy atom. The molecule has 0 spiro atoms. The highest BCUT2D eigenvalue weighted by Gasteiger charge is 2.19. The average molecular weight is 1050 g/mol. The van der Waals surface area contributed by atoms with Crippen LogP contribution in [0.25, 0.3) is 0 Å². The molecule has 6 nitrogen and oxygen atoms in total. The summed E-state index contributed by atoms with van der Waals surface area (Å²) in [6.07, 6.45) is 83.1. The number of esters is 3. The summed E-state index contributed by atoms with van der Waals surface area (Å²) in [5, 5.41) is 0. The van der Waals surface area contributed by atoms with Gasteiger partial charge in [-0.05, 0) is 96.3 Å². The molecule has 0 amide bonds. The van der Waals surface area contributed by atoms with Crippen LogP contribution in [0.3, 0.4) is 0 Å². The zero-order valence-corrected chi connectivity index (χ0v) is 49.6. The smallest absolute Gasteiger partial charge is 0.306 e. The first-order valence-corrected chi connectivity index (χ1v) is 32.1. The average Bonchev–Trinajstić information content (AvgIpc) is 3.41. The summed E-state index contributed by atoms with van der Waals surface area (Å²) in [4.78, 5) is 38.2. The lowest BCUT2D eigenvalue weighted by Crippen LogP contribution is -2.30. The van der Waals surface area contributed by atoms with Crippen molar-refractivity contribution in [2.45, 2.75) is 322 Å². The maximum atomic E-state index is 12.9. The largest absolute Gasteiger partial charge is 0.462 e. The minimum Gasteiger partial charge on any atom is -0.462 e. The van der Waals surface area contributed by atoms with Gasteiger partial charge in [0.05, 0.1) is 0 Å². The van der Waals surface area contributed by atoms with Crippen LogP contribution < -0.4 is 0 Å². The van der Waals surface area contributed by atoms with Crippen LogP contribution in [0.4, 0.5) is 0 Å². The van der Waals surface area contributed by atoms with Gasteiger partial charge >= 0.3 is 17.9 Å². The van der Waals surface area contributed by atoms with Crippen molar-refractivity contribution in [2.75, 3.05) is 13.2 Å². The summed E-state index contributed by atoms with van der Waals surface area (Å²) in [5.41, 5.74) is 0. The second-order valence-corrected chi connectivity index (χ2v) is 21.3. The van der Waals surface area contributed by atoms with E-state index in [0.717, 1.165) is 103 Å². The van der Waals surface area contributed by atoms with Crippen LogP contribution in [0, 0.1) is 0 Å². The number of carbonyl (C=O) groups excluding carboxylic acids is 3. The van der Waals surface area contributed by atoms with Gasteiger partial charge in [0.25, 0.3) is 0 Å². The Hall–Kier alpha value is -3.41. The third-order valence-electron chi connectivity index (χ3n) is 13.9. The molecular formula is C69H120O6. The first kappa shape index (κ1) is 71.6. The van der Waals surface area contributed by atoms with Crippen molar-refractivity contribution >= 4 is 17.9 Å². The molecule has 0 aliphatic heterocycles. The van der Waals surface area contributed by atoms with Gasteiger partial charge < -0.3 is 14.2 Å². The van der Waals surface area contributed by atoms with Crippen molar-refractivity contribution in [3.63, 3.8) is 0 Å². The molecule has 0 saturated heterocycles. The van der Waals surface area contributed by atoms with Gasteiger partial charge in [-0.3, -0.25) is 14.4 Å². The predicted octanol–water partition coefficient (Wildman–Crippen LogP) is 21.9. The summed E-state index contributed by atoms with van der Waals surface area (Å²) < 4.78 is 16.9. The molecule has 1 atom stereocenters. The number of hydrogen-bond acceptors (Lipinski definition) is 6. The van der Waals surface area contributed by atoms with Gasteiger partial charge in [-0.25, -0.2) is 0 Å². The number of unbranched alkanes of at least 4 members (excludes halogenated alkanes) is 33. The molecule has 0 aromatic rings. The van der Waals surface area contributed by atoms with E-state index in [1.165, 1.54) is 173 Å². The van der Waals surface area contributed by atoms with E-state index in [9.17, 15) is 14.4 Å². The zero-order chi connectivity index (χ0) is 54.3. The molecular weight excluding hydrogens is 925 g/mol. The van der Waals surface area contributed by atoms with Gasteiger partial charge in [0, 0.05) is 19.3 Å². The molecule has 432 valence electrons. The van der Waals surface area contributed by atoms with E-state index >= 15 is 0 Å². The van der Waals surface area contributed by atoms with Crippen molar-refractivity contribution in [1.29, 1.82) is 0 Å². The van der Waals surface area contributed by atoms with Crippen LogP contribution in [0.5, 0.6) is 0 Å². The Morgan fingerprint density at radius 2 is 0.520 bits per heavy atom. The van der Waals surface area contributed by atoms with E-state index in [2.05, 4.69) is 106 Å². The van der Waals surface area contributed by atoms with Crippen molar-refractivity contribution in [2.24, 2.45) is 0 Å². The molecule has 0 aromatic carbocycles. The minimum atomic E-state index is -0.779. The van der Waals surface area contributed by atoms with Crippen molar-refractivity contribution in [1.82, 2.24) is 0 Å². The van der Waals surface area contributed by atoms with Crippen LogP contribution in [0.2, 0.25) is 0 Å². The molecule has 0 aliphatic rings. The Labute approximate surface area is 465 Å². The summed E-state index contributed by atoms with van der Waals surface area (Å²) >= 11 is 0. The van der Waals surface area contributed by atoms with Crippen molar-refractivity contribution in [3.8, 4) is 0 Å². The van der Waals surface area contributed by atoms with Gasteiger partial charge in [0.15, 0.2) is 6.10 Å². The SMILES string of the molecule is CC/C=C\C/C=C\C/C=C\C/C=C\C/C=C\CCCCCCCCCCCC(=O)OCC(COC(=O)CCCCCCCCCCC)OC(=O)CCCCCCCCCCCCC/C=C\C/C=C\CCCCCCC. The quantitative estimate of drug-likeness (QED) is 0.0261. The Kier molecular flexibility index (Phi) is 60.3. The fraction of sp³-hybridized carbons (Fsp3) is 0.754. The second kappa shape index (κ2) is 63.1. The Balaban J connectivity index is 4.23. The molecule has 75 heavy (non-hydrogen) atoms. The van der Waals surface area contributed by atoms with Crippen LogP contribution in [0.15, 0.2) is 85.1 Å². The van der Waals surface area contributed by atoms with Crippen molar-refractivity contribution in [3.05, 3.63) is 85.1 Å². The normalized spacial score (nSPS) is 12.6. The molecule has 0 aliphatic carbocycles. The highest BCUT2D eigenvalue weighted by atomic mass is 16.6. The molecule has 6 heteroatoms. The molecule has 0 saturated carbocycles. The molecule has 0 radical (unpaired) electrons. The van der Waals surface area contributed by atoms with Gasteiger partial charge in [-0.15, -0.1) is 0 Å². The van der Waals surface area contributed by atoms with Gasteiger partial charge in [-0.1, -0.05) is 286 Å². The van der Waals surface area contributed by atoms with E-state index in [4.69, 9.17) is 14.2 Å². The van der Waals surface area contributed by atoms with Gasteiger partial charge in [0.2, 0.25) is 0 Å². The first-order chi connectivity index (χ1) is 37.0. The Bertz CT molecular complexity index is 1430. The second-order valence-electron chi connectivity index (χ2n) is 21.3. The predicted molar refractivity (Wildman–Crippen MR) is 325 cm³/mol. The molecule has 0 bridgehead atoms. The molecule has 0 fully saturated rings. The van der Waals surface area contributed by atoms with E-state index in [-0.39, 0.29) is 31.1 Å². The molecule has 1 unspecified atom stereocenters. The van der Waals surface area contributed by atoms with E-state index in [0.29, 0.717) is 19.3 Å². The topological polar surface area (TPSA) is 78.9 Å². The highest BCUT2D eigenvalue weighted by Crippen LogP contribution is 2.16. The van der Waals surface area contributed by atoms with E-state index in [1.807, 2.05) is 0 Å². The summed E-state index contributed by atoms with van der Waals surface area (Å²) in [6.45, 7) is 6.52. The van der Waals surface area contributed by atoms with Crippen LogP contribution in [0.1, 0.15) is 316 Å². The maximum absolute atomic E-state index is 12.9. The number of rotatable bonds is 58. The molecule has 0 N–H and O–H groups in total. The lowest BCUT2D eigenvalue weighted by Gasteiger charge is -2.18. The summed E-state index contributed by atoms with van der Waals surface area (Å²) in [6, 6.07) is 0. The highest BCUT2D eigenvalue weighted by molar-refractivity contribution is 5.71. The minimum absolute atomic E-state index is 0.0765. The van der Waals surface area contributed by atoms with Crippen LogP contribution in [-0.4, -0.2) is 37.2 Å². The molecule has 0 heterocycles. The summed E-state index contributed by atoms with van der Waals surface area (Å²) in [5.74, 6) is -0.876. The van der Waals surface area contributed by atoms with Gasteiger partial charge in [0.1, 0.15) is 13.2 Å². The number of hydrogen-bond donors (Lipinski definition) is 0. The van der Waals surface area contributed by atoms with E-state index in [1.54, 1.807) is 0 Å². The first-order valence-electron chi connectivity index (χ1n) is 32.1. The number of allylic oxidation sites excluding steroid dienone is 14. The molecule has 0 aromatic heterocycles. The number of ether oxygens (including phenoxy) is 3. The maximum Gasteiger partial charge on any atom is 0.306 e.